The molecule has 0 fully saturated rings. The first-order valence-electron chi connectivity index (χ1n) is 6.32. The predicted molar refractivity (Wildman–Crippen MR) is 76.3 cm³/mol. The second-order valence-electron chi connectivity index (χ2n) is 4.49. The summed E-state index contributed by atoms with van der Waals surface area (Å²) in [6.45, 7) is 3.08. The molecule has 0 unspecified atom stereocenters. The number of nitro benzene ring substituents is 1. The number of hydrogen-bond donors (Lipinski definition) is 1. The van der Waals surface area contributed by atoms with Gasteiger partial charge in [-0.15, -0.1) is 0 Å². The monoisotopic (exact) mass is 287 g/mol. The lowest BCUT2D eigenvalue weighted by Crippen LogP contribution is -2.12. The third kappa shape index (κ3) is 2.71. The maximum absolute atomic E-state index is 11.9. The number of aromatic amines is 1. The summed E-state index contributed by atoms with van der Waals surface area (Å²) in [5.41, 5.74) is 0.812. The van der Waals surface area contributed by atoms with E-state index < -0.39 is 16.3 Å². The molecule has 1 heterocycles. The molecule has 1 aromatic heterocycles. The van der Waals surface area contributed by atoms with Crippen LogP contribution in [-0.4, -0.2) is 20.9 Å². The van der Waals surface area contributed by atoms with Crippen LogP contribution in [0.1, 0.15) is 29.8 Å². The third-order valence-corrected chi connectivity index (χ3v) is 3.20. The van der Waals surface area contributed by atoms with Crippen LogP contribution < -0.4 is 5.56 Å². The van der Waals surface area contributed by atoms with Crippen LogP contribution >= 0.6 is 0 Å². The molecule has 0 saturated heterocycles. The number of rotatable bonds is 4. The minimum atomic E-state index is -0.587. The second-order valence-corrected chi connectivity index (χ2v) is 4.49. The zero-order valence-corrected chi connectivity index (χ0v) is 11.5. The molecule has 21 heavy (non-hydrogen) atoms. The average Bonchev–Trinajstić information content (AvgIpc) is 2.46. The zero-order valence-electron chi connectivity index (χ0n) is 11.5. The van der Waals surface area contributed by atoms with E-state index in [1.54, 1.807) is 0 Å². The van der Waals surface area contributed by atoms with Crippen LogP contribution in [0.15, 0.2) is 29.2 Å². The number of nitrogens with one attached hydrogen (secondary N) is 1. The van der Waals surface area contributed by atoms with Crippen molar-refractivity contribution in [3.05, 3.63) is 56.0 Å². The summed E-state index contributed by atoms with van der Waals surface area (Å²) in [5, 5.41) is 17.0. The molecule has 0 amide bonds. The number of benzene rings is 1. The lowest BCUT2D eigenvalue weighted by Gasteiger charge is -2.09. The summed E-state index contributed by atoms with van der Waals surface area (Å²) >= 11 is 0. The summed E-state index contributed by atoms with van der Waals surface area (Å²) in [4.78, 5) is 34.0. The fourth-order valence-corrected chi connectivity index (χ4v) is 2.16. The van der Waals surface area contributed by atoms with Gasteiger partial charge in [-0.3, -0.25) is 19.7 Å². The molecule has 0 atom stereocenters. The zero-order chi connectivity index (χ0) is 15.6. The summed E-state index contributed by atoms with van der Waals surface area (Å²) in [6, 6.07) is 4.28. The Hall–Kier alpha value is -2.83. The summed E-state index contributed by atoms with van der Waals surface area (Å²) in [7, 11) is 0. The van der Waals surface area contributed by atoms with E-state index in [-0.39, 0.29) is 11.3 Å². The van der Waals surface area contributed by atoms with Crippen molar-refractivity contribution in [3.8, 4) is 11.1 Å². The van der Waals surface area contributed by atoms with E-state index in [9.17, 15) is 19.7 Å². The smallest absolute Gasteiger partial charge is 0.280 e. The van der Waals surface area contributed by atoms with Crippen molar-refractivity contribution in [3.63, 3.8) is 0 Å². The molecule has 2 rings (SSSR count). The van der Waals surface area contributed by atoms with Gasteiger partial charge >= 0.3 is 0 Å². The molecule has 0 spiro atoms. The van der Waals surface area contributed by atoms with Gasteiger partial charge < -0.3 is 0 Å². The Balaban J connectivity index is 2.81. The van der Waals surface area contributed by atoms with E-state index in [1.807, 2.05) is 6.92 Å². The number of aromatic nitrogens is 2. The number of carbonyl (C=O) groups is 1. The molecule has 2 aromatic rings. The molecule has 0 radical (unpaired) electrons. The van der Waals surface area contributed by atoms with Gasteiger partial charge in [0.25, 0.3) is 11.2 Å². The Morgan fingerprint density at radius 2 is 2.10 bits per heavy atom. The van der Waals surface area contributed by atoms with Crippen LogP contribution in [-0.2, 0) is 6.42 Å². The SMILES string of the molecule is CCc1cc([N+](=O)[O-])c(C(C)=O)cc1-c1ccn[nH]c1=O. The van der Waals surface area contributed by atoms with Gasteiger partial charge in [-0.05, 0) is 36.6 Å². The molecule has 0 aliphatic heterocycles. The number of H-pyrrole nitrogens is 1. The highest BCUT2D eigenvalue weighted by Crippen LogP contribution is 2.30. The topological polar surface area (TPSA) is 106 Å². The first-order chi connectivity index (χ1) is 9.95. The Labute approximate surface area is 119 Å². The normalized spacial score (nSPS) is 10.4. The maximum atomic E-state index is 11.9. The van der Waals surface area contributed by atoms with Gasteiger partial charge in [-0.25, -0.2) is 5.10 Å². The lowest BCUT2D eigenvalue weighted by atomic mass is 9.94. The largest absolute Gasteiger partial charge is 0.294 e. The minimum Gasteiger partial charge on any atom is -0.294 e. The van der Waals surface area contributed by atoms with Crippen LogP contribution in [0.25, 0.3) is 11.1 Å². The van der Waals surface area contributed by atoms with E-state index in [0.717, 1.165) is 0 Å². The van der Waals surface area contributed by atoms with Crippen LogP contribution in [0.3, 0.4) is 0 Å². The lowest BCUT2D eigenvalue weighted by molar-refractivity contribution is -0.385. The first kappa shape index (κ1) is 14.6. The van der Waals surface area contributed by atoms with Crippen LogP contribution in [0.5, 0.6) is 0 Å². The fraction of sp³-hybridized carbons (Fsp3) is 0.214. The van der Waals surface area contributed by atoms with Crippen molar-refractivity contribution in [1.29, 1.82) is 0 Å². The Morgan fingerprint density at radius 1 is 1.38 bits per heavy atom. The maximum Gasteiger partial charge on any atom is 0.280 e. The number of aryl methyl sites for hydroxylation is 1. The molecular formula is C14H13N3O4. The van der Waals surface area contributed by atoms with Gasteiger partial charge in [0.1, 0.15) is 0 Å². The standard InChI is InChI=1S/C14H13N3O4/c1-3-9-6-13(17(20)21)11(8(2)18)7-12(9)10-4-5-15-16-14(10)19/h4-7H,3H2,1-2H3,(H,16,19). The number of Topliss-reactive ketones (excluding diaryl/α,β-unsaturated/α-hetero) is 1. The van der Waals surface area contributed by atoms with Crippen LogP contribution in [0.2, 0.25) is 0 Å². The van der Waals surface area contributed by atoms with E-state index in [4.69, 9.17) is 0 Å². The molecule has 0 saturated carbocycles. The highest BCUT2D eigenvalue weighted by Gasteiger charge is 2.21. The van der Waals surface area contributed by atoms with Gasteiger partial charge in [-0.1, -0.05) is 6.92 Å². The average molecular weight is 287 g/mol. The van der Waals surface area contributed by atoms with Gasteiger partial charge in [-0.2, -0.15) is 5.10 Å². The first-order valence-corrected chi connectivity index (χ1v) is 6.32. The predicted octanol–water partition coefficient (Wildman–Crippen LogP) is 2.11. The Bertz CT molecular complexity index is 780. The van der Waals surface area contributed by atoms with E-state index >= 15 is 0 Å². The molecule has 0 bridgehead atoms. The van der Waals surface area contributed by atoms with E-state index in [2.05, 4.69) is 10.2 Å². The summed E-state index contributed by atoms with van der Waals surface area (Å²) in [5.74, 6) is -0.420. The van der Waals surface area contributed by atoms with Crippen LogP contribution in [0.4, 0.5) is 5.69 Å². The molecule has 108 valence electrons. The third-order valence-electron chi connectivity index (χ3n) is 3.20. The van der Waals surface area contributed by atoms with Crippen molar-refractivity contribution < 1.29 is 9.72 Å². The molecule has 7 heteroatoms. The Morgan fingerprint density at radius 3 is 2.62 bits per heavy atom. The van der Waals surface area contributed by atoms with Gasteiger partial charge in [0.15, 0.2) is 5.78 Å². The molecule has 7 nitrogen and oxygen atoms in total. The Kier molecular flexibility index (Phi) is 3.93. The van der Waals surface area contributed by atoms with Crippen molar-refractivity contribution in [2.75, 3.05) is 0 Å². The molecular weight excluding hydrogens is 274 g/mol. The van der Waals surface area contributed by atoms with Crippen molar-refractivity contribution in [1.82, 2.24) is 10.2 Å². The van der Waals surface area contributed by atoms with Gasteiger partial charge in [0.05, 0.1) is 16.1 Å². The van der Waals surface area contributed by atoms with Crippen molar-refractivity contribution in [2.24, 2.45) is 0 Å². The van der Waals surface area contributed by atoms with Gasteiger partial charge in [0, 0.05) is 12.3 Å². The van der Waals surface area contributed by atoms with Crippen LogP contribution in [0, 0.1) is 10.1 Å². The number of carbonyl (C=O) groups excluding carboxylic acids is 1. The van der Waals surface area contributed by atoms with Crippen molar-refractivity contribution in [2.45, 2.75) is 20.3 Å². The van der Waals surface area contributed by atoms with Crippen molar-refractivity contribution >= 4 is 11.5 Å². The summed E-state index contributed by atoms with van der Waals surface area (Å²) < 4.78 is 0. The number of nitrogens with zero attached hydrogens (tertiary/aromatic N) is 2. The minimum absolute atomic E-state index is 0.0107. The second kappa shape index (κ2) is 5.66. The number of nitro groups is 1. The molecule has 0 aliphatic rings. The highest BCUT2D eigenvalue weighted by molar-refractivity contribution is 5.99. The van der Waals surface area contributed by atoms with E-state index in [0.29, 0.717) is 23.1 Å². The molecule has 1 N–H and O–H groups in total. The number of ketones is 1. The molecule has 0 aliphatic carbocycles. The van der Waals surface area contributed by atoms with Gasteiger partial charge in [0.2, 0.25) is 0 Å². The highest BCUT2D eigenvalue weighted by atomic mass is 16.6. The quantitative estimate of drug-likeness (QED) is 0.526. The van der Waals surface area contributed by atoms with E-state index in [1.165, 1.54) is 31.3 Å². The fourth-order valence-electron chi connectivity index (χ4n) is 2.16. The number of hydrogen-bond acceptors (Lipinski definition) is 5. The summed E-state index contributed by atoms with van der Waals surface area (Å²) in [6.07, 6.45) is 1.92. The molecule has 1 aromatic carbocycles.